The smallest absolute Gasteiger partial charge is 0.375 e. The predicted octanol–water partition coefficient (Wildman–Crippen LogP) is 4.03. The van der Waals surface area contributed by atoms with Crippen LogP contribution in [0.1, 0.15) is 11.1 Å². The van der Waals surface area contributed by atoms with Crippen LogP contribution < -0.4 is 4.72 Å². The fraction of sp³-hybridized carbons (Fsp3) is 0.250. The minimum absolute atomic E-state index is 0.213. The maximum absolute atomic E-state index is 13.4. The Balaban J connectivity index is 2.39. The van der Waals surface area contributed by atoms with Gasteiger partial charge in [0.05, 0.1) is 11.6 Å². The molecule has 0 aliphatic heterocycles. The lowest BCUT2D eigenvalue weighted by Gasteiger charge is -2.31. The first-order valence-corrected chi connectivity index (χ1v) is 9.42. The maximum atomic E-state index is 13.4. The van der Waals surface area contributed by atoms with Gasteiger partial charge in [0.1, 0.15) is 4.90 Å². The van der Waals surface area contributed by atoms with Crippen LogP contribution >= 0.6 is 23.2 Å². The van der Waals surface area contributed by atoms with E-state index in [0.29, 0.717) is 5.56 Å². The van der Waals surface area contributed by atoms with E-state index in [1.54, 1.807) is 4.72 Å². The molecule has 0 aliphatic carbocycles. The molecule has 0 fully saturated rings. The van der Waals surface area contributed by atoms with Crippen LogP contribution in [0.4, 0.5) is 13.2 Å². The zero-order chi connectivity index (χ0) is 19.8. The van der Waals surface area contributed by atoms with Gasteiger partial charge in [-0.25, -0.2) is 13.1 Å². The molecule has 0 bridgehead atoms. The fourth-order valence-corrected chi connectivity index (χ4v) is 4.08. The second-order valence-electron chi connectivity index (χ2n) is 5.58. The number of alkyl halides is 3. The highest BCUT2D eigenvalue weighted by atomic mass is 35.5. The third kappa shape index (κ3) is 4.15. The summed E-state index contributed by atoms with van der Waals surface area (Å²) in [5.74, 6) is 0. The third-order valence-corrected chi connectivity index (χ3v) is 6.01. The van der Waals surface area contributed by atoms with Gasteiger partial charge < -0.3 is 5.11 Å². The minimum Gasteiger partial charge on any atom is -0.375 e. The van der Waals surface area contributed by atoms with Gasteiger partial charge in [-0.1, -0.05) is 53.5 Å². The average molecular weight is 428 g/mol. The Morgan fingerprint density at radius 3 is 2.19 bits per heavy atom. The van der Waals surface area contributed by atoms with Gasteiger partial charge in [0.15, 0.2) is 5.60 Å². The van der Waals surface area contributed by atoms with Crippen LogP contribution in [-0.4, -0.2) is 26.2 Å². The molecule has 1 unspecified atom stereocenters. The lowest BCUT2D eigenvalue weighted by Crippen LogP contribution is -2.51. The highest BCUT2D eigenvalue weighted by molar-refractivity contribution is 7.89. The maximum Gasteiger partial charge on any atom is 0.422 e. The van der Waals surface area contributed by atoms with Crippen LogP contribution in [0.3, 0.4) is 0 Å². The molecule has 0 saturated heterocycles. The Hall–Kier alpha value is -1.32. The summed E-state index contributed by atoms with van der Waals surface area (Å²) in [6.07, 6.45) is -5.11. The van der Waals surface area contributed by atoms with Crippen molar-refractivity contribution in [2.75, 3.05) is 6.54 Å². The Morgan fingerprint density at radius 2 is 1.65 bits per heavy atom. The number of halogens is 5. The Bertz CT molecular complexity index is 905. The van der Waals surface area contributed by atoms with E-state index in [4.69, 9.17) is 23.2 Å². The molecule has 0 saturated carbocycles. The summed E-state index contributed by atoms with van der Waals surface area (Å²) in [6, 6.07) is 8.52. The Labute approximate surface area is 158 Å². The average Bonchev–Trinajstić information content (AvgIpc) is 2.55. The molecule has 10 heteroatoms. The molecule has 0 spiro atoms. The molecule has 26 heavy (non-hydrogen) atoms. The summed E-state index contributed by atoms with van der Waals surface area (Å²) in [5, 5.41) is 10.2. The Kier molecular flexibility index (Phi) is 5.94. The normalized spacial score (nSPS) is 14.9. The number of hydrogen-bond donors (Lipinski definition) is 2. The van der Waals surface area contributed by atoms with E-state index in [0.717, 1.165) is 18.2 Å². The van der Waals surface area contributed by atoms with Crippen molar-refractivity contribution < 1.29 is 26.7 Å². The van der Waals surface area contributed by atoms with Gasteiger partial charge in [-0.05, 0) is 30.2 Å². The van der Waals surface area contributed by atoms with Crippen LogP contribution in [0.2, 0.25) is 10.0 Å². The van der Waals surface area contributed by atoms with Gasteiger partial charge in [-0.15, -0.1) is 0 Å². The molecule has 4 nitrogen and oxygen atoms in total. The standard InChI is InChI=1S/C16H14Cl2F3NO3S/c1-10-7-14(13(18)8-12(10)17)26(24,25)22-9-15(23,16(19,20)21)11-5-3-2-4-6-11/h2-8,22-23H,9H2,1H3. The summed E-state index contributed by atoms with van der Waals surface area (Å²) in [6.45, 7) is 0.203. The first kappa shape index (κ1) is 21.0. The van der Waals surface area contributed by atoms with Crippen molar-refractivity contribution >= 4 is 33.2 Å². The molecule has 2 aromatic carbocycles. The van der Waals surface area contributed by atoms with E-state index >= 15 is 0 Å². The molecule has 0 heterocycles. The lowest BCUT2D eigenvalue weighted by molar-refractivity contribution is -0.263. The van der Waals surface area contributed by atoms with Gasteiger partial charge in [-0.3, -0.25) is 0 Å². The monoisotopic (exact) mass is 427 g/mol. The topological polar surface area (TPSA) is 66.4 Å². The number of nitrogens with one attached hydrogen (secondary N) is 1. The number of aryl methyl sites for hydroxylation is 1. The van der Waals surface area contributed by atoms with Gasteiger partial charge in [0.25, 0.3) is 0 Å². The van der Waals surface area contributed by atoms with Crippen LogP contribution in [0.25, 0.3) is 0 Å². The summed E-state index contributed by atoms with van der Waals surface area (Å²) in [4.78, 5) is -0.432. The van der Waals surface area contributed by atoms with Gasteiger partial charge >= 0.3 is 6.18 Å². The molecule has 0 aliphatic rings. The summed E-state index contributed by atoms with van der Waals surface area (Å²) in [5.41, 5.74) is -3.52. The Morgan fingerprint density at radius 1 is 1.08 bits per heavy atom. The van der Waals surface area contributed by atoms with Gasteiger partial charge in [0, 0.05) is 5.02 Å². The van der Waals surface area contributed by atoms with Crippen molar-refractivity contribution in [3.8, 4) is 0 Å². The van der Waals surface area contributed by atoms with Crippen LogP contribution in [0.5, 0.6) is 0 Å². The molecule has 1 atom stereocenters. The van der Waals surface area contributed by atoms with E-state index in [1.165, 1.54) is 31.2 Å². The van der Waals surface area contributed by atoms with Crippen LogP contribution in [0, 0.1) is 6.92 Å². The van der Waals surface area contributed by atoms with E-state index < -0.39 is 38.8 Å². The molecule has 0 aromatic heterocycles. The molecular weight excluding hydrogens is 414 g/mol. The summed E-state index contributed by atoms with van der Waals surface area (Å²) in [7, 11) is -4.43. The molecular formula is C16H14Cl2F3NO3S. The molecule has 2 N–H and O–H groups in total. The zero-order valence-electron chi connectivity index (χ0n) is 13.3. The zero-order valence-corrected chi connectivity index (χ0v) is 15.6. The van der Waals surface area contributed by atoms with Crippen molar-refractivity contribution in [3.05, 3.63) is 63.6 Å². The molecule has 0 radical (unpaired) electrons. The third-order valence-electron chi connectivity index (χ3n) is 3.74. The van der Waals surface area contributed by atoms with Crippen molar-refractivity contribution in [1.29, 1.82) is 0 Å². The molecule has 142 valence electrons. The first-order valence-electron chi connectivity index (χ1n) is 7.18. The molecule has 2 rings (SSSR count). The largest absolute Gasteiger partial charge is 0.422 e. The quantitative estimate of drug-likeness (QED) is 0.756. The first-order chi connectivity index (χ1) is 11.9. The van der Waals surface area contributed by atoms with Crippen molar-refractivity contribution in [1.82, 2.24) is 4.72 Å². The number of rotatable bonds is 5. The number of hydrogen-bond acceptors (Lipinski definition) is 3. The second kappa shape index (κ2) is 7.36. The van der Waals surface area contributed by atoms with Crippen LogP contribution in [0.15, 0.2) is 47.4 Å². The van der Waals surface area contributed by atoms with Gasteiger partial charge in [0.2, 0.25) is 10.0 Å². The predicted molar refractivity (Wildman–Crippen MR) is 92.8 cm³/mol. The van der Waals surface area contributed by atoms with Crippen LogP contribution in [-0.2, 0) is 15.6 Å². The lowest BCUT2D eigenvalue weighted by atomic mass is 9.93. The SMILES string of the molecule is Cc1cc(S(=O)(=O)NCC(O)(c2ccccc2)C(F)(F)F)c(Cl)cc1Cl. The van der Waals surface area contributed by atoms with Gasteiger partial charge in [-0.2, -0.15) is 13.2 Å². The van der Waals surface area contributed by atoms with E-state index in [9.17, 15) is 26.7 Å². The summed E-state index contributed by atoms with van der Waals surface area (Å²) >= 11 is 11.7. The second-order valence-corrected chi connectivity index (χ2v) is 8.13. The molecule has 0 amide bonds. The number of benzene rings is 2. The van der Waals surface area contributed by atoms with Crippen molar-refractivity contribution in [2.45, 2.75) is 23.6 Å². The highest BCUT2D eigenvalue weighted by Crippen LogP contribution is 2.39. The van der Waals surface area contributed by atoms with E-state index in [-0.39, 0.29) is 10.0 Å². The van der Waals surface area contributed by atoms with Crippen molar-refractivity contribution in [3.63, 3.8) is 0 Å². The fourth-order valence-electron chi connectivity index (χ4n) is 2.19. The highest BCUT2D eigenvalue weighted by Gasteiger charge is 2.55. The minimum atomic E-state index is -5.11. The summed E-state index contributed by atoms with van der Waals surface area (Å²) < 4.78 is 66.9. The van der Waals surface area contributed by atoms with E-state index in [1.807, 2.05) is 0 Å². The molecule has 2 aromatic rings. The van der Waals surface area contributed by atoms with E-state index in [2.05, 4.69) is 0 Å². The van der Waals surface area contributed by atoms with Crippen molar-refractivity contribution in [2.24, 2.45) is 0 Å². The number of sulfonamides is 1. The number of aliphatic hydroxyl groups is 1.